The molecule has 0 aliphatic rings. The molecule has 4 aromatic heterocycles. The van der Waals surface area contributed by atoms with Crippen molar-refractivity contribution in [3.05, 3.63) is 194 Å². The molecule has 0 N–H and O–H groups in total. The molecule has 0 saturated carbocycles. The summed E-state index contributed by atoms with van der Waals surface area (Å²) in [6.45, 7) is 0. The largest absolute Gasteiger partial charge is 0.455 e. The van der Waals surface area contributed by atoms with Crippen LogP contribution in [0.1, 0.15) is 0 Å². The van der Waals surface area contributed by atoms with Crippen molar-refractivity contribution in [2.24, 2.45) is 0 Å². The van der Waals surface area contributed by atoms with Crippen LogP contribution in [0.3, 0.4) is 0 Å². The zero-order chi connectivity index (χ0) is 41.2. The first kappa shape index (κ1) is 34.1. The third-order valence-electron chi connectivity index (χ3n) is 12.8. The second kappa shape index (κ2) is 12.9. The van der Waals surface area contributed by atoms with E-state index in [4.69, 9.17) is 23.8 Å². The highest BCUT2D eigenvalue weighted by molar-refractivity contribution is 6.23. The van der Waals surface area contributed by atoms with Crippen molar-refractivity contribution < 1.29 is 8.83 Å². The van der Waals surface area contributed by atoms with Crippen molar-refractivity contribution in [3.8, 4) is 39.9 Å². The average molecular weight is 805 g/mol. The molecule has 14 rings (SSSR count). The van der Waals surface area contributed by atoms with Crippen LogP contribution in [0.15, 0.2) is 203 Å². The molecule has 10 aromatic carbocycles. The van der Waals surface area contributed by atoms with E-state index >= 15 is 0 Å². The Hall–Kier alpha value is -8.61. The summed E-state index contributed by atoms with van der Waals surface area (Å²) in [6, 6.07) is 68.1. The second-order valence-corrected chi connectivity index (χ2v) is 16.3. The van der Waals surface area contributed by atoms with Gasteiger partial charge in [-0.05, 0) is 58.6 Å². The summed E-state index contributed by atoms with van der Waals surface area (Å²) in [5.74, 6) is 1.66. The van der Waals surface area contributed by atoms with E-state index in [2.05, 4.69) is 138 Å². The van der Waals surface area contributed by atoms with Gasteiger partial charge in [-0.25, -0.2) is 15.0 Å². The predicted octanol–water partition coefficient (Wildman–Crippen LogP) is 15.2. The molecule has 14 aromatic rings. The van der Waals surface area contributed by atoms with Crippen molar-refractivity contribution in [2.75, 3.05) is 0 Å². The van der Waals surface area contributed by atoms with E-state index in [-0.39, 0.29) is 0 Å². The molecule has 4 heterocycles. The van der Waals surface area contributed by atoms with E-state index in [1.54, 1.807) is 0 Å². The topological polar surface area (TPSA) is 69.9 Å². The Morgan fingerprint density at radius 2 is 0.952 bits per heavy atom. The van der Waals surface area contributed by atoms with Crippen LogP contribution in [0.2, 0.25) is 0 Å². The van der Waals surface area contributed by atoms with Crippen molar-refractivity contribution in [1.82, 2.24) is 19.5 Å². The Labute approximate surface area is 358 Å². The Kier molecular flexibility index (Phi) is 7.02. The van der Waals surface area contributed by atoms with Gasteiger partial charge in [0.25, 0.3) is 0 Å². The quantitative estimate of drug-likeness (QED) is 0.177. The molecular weight excluding hydrogens is 773 g/mol. The summed E-state index contributed by atoms with van der Waals surface area (Å²) in [5, 5.41) is 13.6. The van der Waals surface area contributed by atoms with Gasteiger partial charge in [0.05, 0.1) is 22.3 Å². The summed E-state index contributed by atoms with van der Waals surface area (Å²) in [7, 11) is 0. The van der Waals surface area contributed by atoms with Crippen LogP contribution in [0.5, 0.6) is 0 Å². The zero-order valence-electron chi connectivity index (χ0n) is 33.6. The van der Waals surface area contributed by atoms with Gasteiger partial charge in [-0.15, -0.1) is 0 Å². The monoisotopic (exact) mass is 804 g/mol. The van der Waals surface area contributed by atoms with E-state index in [9.17, 15) is 0 Å². The first-order chi connectivity index (χ1) is 31.2. The Morgan fingerprint density at radius 1 is 0.333 bits per heavy atom. The van der Waals surface area contributed by atoms with Gasteiger partial charge in [0.1, 0.15) is 22.3 Å². The summed E-state index contributed by atoms with van der Waals surface area (Å²) < 4.78 is 15.9. The number of rotatable bonds is 4. The van der Waals surface area contributed by atoms with Gasteiger partial charge < -0.3 is 13.4 Å². The minimum atomic E-state index is 0.537. The van der Waals surface area contributed by atoms with Crippen molar-refractivity contribution in [1.29, 1.82) is 0 Å². The number of furan rings is 2. The number of para-hydroxylation sites is 2. The number of fused-ring (bicyclic) bond motifs is 14. The van der Waals surface area contributed by atoms with E-state index in [1.165, 1.54) is 37.8 Å². The molecule has 0 bridgehead atoms. The highest BCUT2D eigenvalue weighted by Crippen LogP contribution is 2.44. The highest BCUT2D eigenvalue weighted by atomic mass is 16.3. The lowest BCUT2D eigenvalue weighted by Gasteiger charge is -2.14. The van der Waals surface area contributed by atoms with Gasteiger partial charge in [-0.2, -0.15) is 0 Å². The van der Waals surface area contributed by atoms with Gasteiger partial charge >= 0.3 is 0 Å². The van der Waals surface area contributed by atoms with Crippen LogP contribution in [0, 0.1) is 0 Å². The van der Waals surface area contributed by atoms with Gasteiger partial charge in [0.2, 0.25) is 0 Å². The molecule has 292 valence electrons. The van der Waals surface area contributed by atoms with E-state index in [0.717, 1.165) is 82.5 Å². The van der Waals surface area contributed by atoms with Crippen LogP contribution in [0.4, 0.5) is 0 Å². The van der Waals surface area contributed by atoms with Crippen LogP contribution < -0.4 is 0 Å². The maximum Gasteiger partial charge on any atom is 0.167 e. The van der Waals surface area contributed by atoms with Crippen LogP contribution in [-0.2, 0) is 0 Å². The Morgan fingerprint density at radius 3 is 1.81 bits per heavy atom. The van der Waals surface area contributed by atoms with Gasteiger partial charge in [-0.3, -0.25) is 0 Å². The number of hydrogen-bond acceptors (Lipinski definition) is 5. The maximum atomic E-state index is 6.93. The lowest BCUT2D eigenvalue weighted by molar-refractivity contribution is 0.669. The Balaban J connectivity index is 1.01. The standard InChI is InChI=1S/C57H32N4O2/c1-2-14-34(15-3-1)55-58-56(60-57(59-55)45-23-12-22-44-40-20-10-11-24-50(40)62-53(44)45)37-26-27-41-47-32-49(39-19-8-9-21-43(39)54(47)63-51(41)31-37)61-48-30-36-17-5-4-16-35(36)29-46(48)42-28-25-33-13-6-7-18-38(33)52(42)61/h1-32H. The highest BCUT2D eigenvalue weighted by Gasteiger charge is 2.22. The molecular formula is C57H32N4O2. The van der Waals surface area contributed by atoms with E-state index in [0.29, 0.717) is 17.5 Å². The third-order valence-corrected chi connectivity index (χ3v) is 12.8. The molecule has 0 fully saturated rings. The van der Waals surface area contributed by atoms with Crippen LogP contribution in [0.25, 0.3) is 138 Å². The second-order valence-electron chi connectivity index (χ2n) is 16.3. The molecule has 0 spiro atoms. The molecule has 0 radical (unpaired) electrons. The minimum Gasteiger partial charge on any atom is -0.455 e. The summed E-state index contributed by atoms with van der Waals surface area (Å²) >= 11 is 0. The number of hydrogen-bond donors (Lipinski definition) is 0. The predicted molar refractivity (Wildman–Crippen MR) is 258 cm³/mol. The number of nitrogens with zero attached hydrogens (tertiary/aromatic N) is 4. The fourth-order valence-corrected chi connectivity index (χ4v) is 9.88. The fraction of sp³-hybridized carbons (Fsp3) is 0. The zero-order valence-corrected chi connectivity index (χ0v) is 33.6. The van der Waals surface area contributed by atoms with Crippen molar-refractivity contribution >= 4 is 98.0 Å². The molecule has 0 unspecified atom stereocenters. The fourth-order valence-electron chi connectivity index (χ4n) is 9.88. The van der Waals surface area contributed by atoms with Crippen molar-refractivity contribution in [2.45, 2.75) is 0 Å². The van der Waals surface area contributed by atoms with E-state index < -0.39 is 0 Å². The molecule has 6 nitrogen and oxygen atoms in total. The normalized spacial score (nSPS) is 12.1. The number of aromatic nitrogens is 4. The van der Waals surface area contributed by atoms with Gasteiger partial charge in [-0.1, -0.05) is 152 Å². The first-order valence-corrected chi connectivity index (χ1v) is 21.2. The van der Waals surface area contributed by atoms with Crippen LogP contribution >= 0.6 is 0 Å². The molecule has 0 saturated heterocycles. The molecule has 0 amide bonds. The SMILES string of the molecule is c1ccc(-c2nc(-c3ccc4c(c3)oc3c5ccccc5c(-n5c6cc7ccccc7cc6c6ccc7ccccc7c65)cc43)nc(-c3cccc4c3oc3ccccc34)n2)cc1. The maximum absolute atomic E-state index is 6.93. The smallest absolute Gasteiger partial charge is 0.167 e. The van der Waals surface area contributed by atoms with E-state index in [1.807, 2.05) is 60.7 Å². The summed E-state index contributed by atoms with van der Waals surface area (Å²) in [4.78, 5) is 15.3. The summed E-state index contributed by atoms with van der Waals surface area (Å²) in [6.07, 6.45) is 0. The molecule has 0 atom stereocenters. The molecule has 63 heavy (non-hydrogen) atoms. The summed E-state index contributed by atoms with van der Waals surface area (Å²) in [5.41, 5.74) is 9.15. The molecule has 0 aliphatic heterocycles. The average Bonchev–Trinajstić information content (AvgIpc) is 4.02. The van der Waals surface area contributed by atoms with Crippen LogP contribution in [-0.4, -0.2) is 19.5 Å². The molecule has 0 aliphatic carbocycles. The third kappa shape index (κ3) is 5.03. The number of benzene rings is 10. The van der Waals surface area contributed by atoms with Gasteiger partial charge in [0.15, 0.2) is 17.5 Å². The van der Waals surface area contributed by atoms with Crippen molar-refractivity contribution in [3.63, 3.8) is 0 Å². The van der Waals surface area contributed by atoms with Gasteiger partial charge in [0, 0.05) is 59.6 Å². The lowest BCUT2D eigenvalue weighted by Crippen LogP contribution is -2.00. The first-order valence-electron chi connectivity index (χ1n) is 21.2. The minimum absolute atomic E-state index is 0.537. The molecule has 6 heteroatoms. The lowest BCUT2D eigenvalue weighted by atomic mass is 10.0. The Bertz CT molecular complexity index is 4220.